The molecule has 0 aromatic carbocycles. The monoisotopic (exact) mass is 215 g/mol. The Labute approximate surface area is 91.2 Å². The molecule has 0 saturated carbocycles. The molecule has 0 aromatic heterocycles. The van der Waals surface area contributed by atoms with Gasteiger partial charge in [-0.05, 0) is 25.3 Å². The highest BCUT2D eigenvalue weighted by molar-refractivity contribution is 5.72. The molecule has 0 spiro atoms. The van der Waals surface area contributed by atoms with Gasteiger partial charge in [0.05, 0.1) is 13.0 Å². The molecule has 4 heteroatoms. The standard InChI is InChI=1S/C11H21NO3/c1-9(11(14)15-2)7-12-5-3-10(8-12)4-6-13/h9-10,13H,3-8H2,1-2H3. The average molecular weight is 215 g/mol. The smallest absolute Gasteiger partial charge is 0.309 e. The van der Waals surface area contributed by atoms with Gasteiger partial charge in [-0.3, -0.25) is 4.79 Å². The molecule has 1 saturated heterocycles. The van der Waals surface area contributed by atoms with Crippen molar-refractivity contribution in [2.24, 2.45) is 11.8 Å². The van der Waals surface area contributed by atoms with Gasteiger partial charge >= 0.3 is 5.97 Å². The van der Waals surface area contributed by atoms with E-state index in [4.69, 9.17) is 9.84 Å². The molecule has 1 rings (SSSR count). The van der Waals surface area contributed by atoms with Crippen LogP contribution < -0.4 is 0 Å². The van der Waals surface area contributed by atoms with Gasteiger partial charge in [0.15, 0.2) is 0 Å². The van der Waals surface area contributed by atoms with Crippen molar-refractivity contribution >= 4 is 5.97 Å². The largest absolute Gasteiger partial charge is 0.469 e. The Morgan fingerprint density at radius 3 is 3.00 bits per heavy atom. The molecule has 0 radical (unpaired) electrons. The molecule has 1 N–H and O–H groups in total. The lowest BCUT2D eigenvalue weighted by Gasteiger charge is -2.19. The molecule has 2 atom stereocenters. The Bertz CT molecular complexity index is 208. The predicted octanol–water partition coefficient (Wildman–Crippen LogP) is 0.500. The second kappa shape index (κ2) is 6.08. The van der Waals surface area contributed by atoms with Crippen molar-refractivity contribution in [3.63, 3.8) is 0 Å². The van der Waals surface area contributed by atoms with Crippen molar-refractivity contribution in [3.05, 3.63) is 0 Å². The number of hydrogen-bond donors (Lipinski definition) is 1. The normalized spacial score (nSPS) is 24.1. The summed E-state index contributed by atoms with van der Waals surface area (Å²) in [5.74, 6) is 0.406. The highest BCUT2D eigenvalue weighted by Gasteiger charge is 2.25. The van der Waals surface area contributed by atoms with E-state index in [1.807, 2.05) is 6.92 Å². The van der Waals surface area contributed by atoms with Crippen LogP contribution in [0, 0.1) is 11.8 Å². The molecule has 1 aliphatic heterocycles. The quantitative estimate of drug-likeness (QED) is 0.678. The lowest BCUT2D eigenvalue weighted by atomic mass is 10.1. The summed E-state index contributed by atoms with van der Waals surface area (Å²) in [4.78, 5) is 13.5. The molecule has 15 heavy (non-hydrogen) atoms. The number of methoxy groups -OCH3 is 1. The van der Waals surface area contributed by atoms with Crippen LogP contribution in [0.1, 0.15) is 19.8 Å². The van der Waals surface area contributed by atoms with Crippen LogP contribution in [0.25, 0.3) is 0 Å². The summed E-state index contributed by atoms with van der Waals surface area (Å²) in [6, 6.07) is 0. The number of nitrogens with zero attached hydrogens (tertiary/aromatic N) is 1. The Kier molecular flexibility index (Phi) is 5.05. The fraction of sp³-hybridized carbons (Fsp3) is 0.909. The third kappa shape index (κ3) is 3.80. The molecule has 1 aliphatic rings. The maximum atomic E-state index is 11.2. The van der Waals surface area contributed by atoms with Crippen LogP contribution in [0.4, 0.5) is 0 Å². The van der Waals surface area contributed by atoms with E-state index >= 15 is 0 Å². The van der Waals surface area contributed by atoms with Crippen molar-refractivity contribution in [2.45, 2.75) is 19.8 Å². The van der Waals surface area contributed by atoms with Crippen LogP contribution in [0.5, 0.6) is 0 Å². The number of carbonyl (C=O) groups is 1. The molecule has 0 aliphatic carbocycles. The topological polar surface area (TPSA) is 49.8 Å². The number of hydrogen-bond acceptors (Lipinski definition) is 4. The number of likely N-dealkylation sites (tertiary alicyclic amines) is 1. The van der Waals surface area contributed by atoms with Crippen molar-refractivity contribution in [3.8, 4) is 0 Å². The van der Waals surface area contributed by atoms with Gasteiger partial charge in [0.1, 0.15) is 0 Å². The summed E-state index contributed by atoms with van der Waals surface area (Å²) in [6.07, 6.45) is 2.01. The molecular weight excluding hydrogens is 194 g/mol. The number of carbonyl (C=O) groups excluding carboxylic acids is 1. The van der Waals surface area contributed by atoms with Gasteiger partial charge in [-0.25, -0.2) is 0 Å². The maximum Gasteiger partial charge on any atom is 0.309 e. The minimum absolute atomic E-state index is 0.0529. The van der Waals surface area contributed by atoms with E-state index in [1.165, 1.54) is 7.11 Å². The van der Waals surface area contributed by atoms with E-state index < -0.39 is 0 Å². The molecule has 0 aromatic rings. The van der Waals surface area contributed by atoms with E-state index in [0.29, 0.717) is 5.92 Å². The molecular formula is C11H21NO3. The van der Waals surface area contributed by atoms with Crippen LogP contribution in [-0.2, 0) is 9.53 Å². The summed E-state index contributed by atoms with van der Waals surface area (Å²) in [7, 11) is 1.43. The number of esters is 1. The average Bonchev–Trinajstić information content (AvgIpc) is 2.65. The van der Waals surface area contributed by atoms with Crippen molar-refractivity contribution in [2.75, 3.05) is 33.4 Å². The number of ether oxygens (including phenoxy) is 1. The summed E-state index contributed by atoms with van der Waals surface area (Å²) in [5.41, 5.74) is 0. The van der Waals surface area contributed by atoms with Crippen molar-refractivity contribution in [1.29, 1.82) is 0 Å². The zero-order chi connectivity index (χ0) is 11.3. The highest BCUT2D eigenvalue weighted by Crippen LogP contribution is 2.20. The zero-order valence-corrected chi connectivity index (χ0v) is 9.61. The van der Waals surface area contributed by atoms with Crippen LogP contribution >= 0.6 is 0 Å². The number of rotatable bonds is 5. The summed E-state index contributed by atoms with van der Waals surface area (Å²) in [5, 5.41) is 8.83. The SMILES string of the molecule is COC(=O)C(C)CN1CCC(CCO)C1. The lowest BCUT2D eigenvalue weighted by Crippen LogP contribution is -2.30. The van der Waals surface area contributed by atoms with Gasteiger partial charge < -0.3 is 14.7 Å². The first-order chi connectivity index (χ1) is 7.17. The minimum Gasteiger partial charge on any atom is -0.469 e. The lowest BCUT2D eigenvalue weighted by molar-refractivity contribution is -0.145. The first kappa shape index (κ1) is 12.5. The molecule has 0 amide bonds. The molecule has 4 nitrogen and oxygen atoms in total. The van der Waals surface area contributed by atoms with Crippen LogP contribution in [-0.4, -0.2) is 49.3 Å². The summed E-state index contributed by atoms with van der Waals surface area (Å²) >= 11 is 0. The highest BCUT2D eigenvalue weighted by atomic mass is 16.5. The van der Waals surface area contributed by atoms with Gasteiger partial charge in [0.25, 0.3) is 0 Å². The Morgan fingerprint density at radius 2 is 2.40 bits per heavy atom. The van der Waals surface area contributed by atoms with Crippen LogP contribution in [0.2, 0.25) is 0 Å². The van der Waals surface area contributed by atoms with E-state index in [9.17, 15) is 4.79 Å². The first-order valence-corrected chi connectivity index (χ1v) is 5.58. The van der Waals surface area contributed by atoms with E-state index in [1.54, 1.807) is 0 Å². The molecule has 88 valence electrons. The summed E-state index contributed by atoms with van der Waals surface area (Å²) < 4.78 is 4.69. The first-order valence-electron chi connectivity index (χ1n) is 5.58. The molecule has 1 fully saturated rings. The number of aliphatic hydroxyl groups excluding tert-OH is 1. The zero-order valence-electron chi connectivity index (χ0n) is 9.61. The second-order valence-corrected chi connectivity index (χ2v) is 4.35. The second-order valence-electron chi connectivity index (χ2n) is 4.35. The third-order valence-electron chi connectivity index (χ3n) is 3.04. The van der Waals surface area contributed by atoms with Crippen molar-refractivity contribution < 1.29 is 14.6 Å². The number of aliphatic hydroxyl groups is 1. The van der Waals surface area contributed by atoms with Gasteiger partial charge in [-0.15, -0.1) is 0 Å². The van der Waals surface area contributed by atoms with E-state index in [-0.39, 0.29) is 18.5 Å². The Balaban J connectivity index is 2.26. The van der Waals surface area contributed by atoms with Gasteiger partial charge in [0, 0.05) is 19.7 Å². The van der Waals surface area contributed by atoms with Crippen molar-refractivity contribution in [1.82, 2.24) is 4.90 Å². The predicted molar refractivity (Wildman–Crippen MR) is 57.4 cm³/mol. The van der Waals surface area contributed by atoms with Gasteiger partial charge in [-0.1, -0.05) is 6.92 Å². The minimum atomic E-state index is -0.138. The molecule has 1 heterocycles. The maximum absolute atomic E-state index is 11.2. The summed E-state index contributed by atoms with van der Waals surface area (Å²) in [6.45, 7) is 4.97. The Morgan fingerprint density at radius 1 is 1.67 bits per heavy atom. The third-order valence-corrected chi connectivity index (χ3v) is 3.04. The fourth-order valence-corrected chi connectivity index (χ4v) is 2.16. The molecule has 2 unspecified atom stereocenters. The molecule has 0 bridgehead atoms. The van der Waals surface area contributed by atoms with Crippen LogP contribution in [0.15, 0.2) is 0 Å². The Hall–Kier alpha value is -0.610. The van der Waals surface area contributed by atoms with E-state index in [2.05, 4.69) is 4.90 Å². The fourth-order valence-electron chi connectivity index (χ4n) is 2.16. The van der Waals surface area contributed by atoms with E-state index in [0.717, 1.165) is 32.5 Å². The van der Waals surface area contributed by atoms with Crippen LogP contribution in [0.3, 0.4) is 0 Å². The van der Waals surface area contributed by atoms with Gasteiger partial charge in [0.2, 0.25) is 0 Å². The van der Waals surface area contributed by atoms with Gasteiger partial charge in [-0.2, -0.15) is 0 Å².